The third-order valence-electron chi connectivity index (χ3n) is 2.54. The van der Waals surface area contributed by atoms with Crippen LogP contribution < -0.4 is 5.32 Å². The number of rotatable bonds is 4. The SMILES string of the molecule is CCN(CC)C(=O)c1ccc(NC)c(F)c1. The minimum atomic E-state index is -0.402. The number of carbonyl (C=O) groups excluding carboxylic acids is 1. The van der Waals surface area contributed by atoms with E-state index in [1.165, 1.54) is 6.07 Å². The molecular formula is C12H17FN2O. The summed E-state index contributed by atoms with van der Waals surface area (Å²) in [7, 11) is 1.64. The highest BCUT2D eigenvalue weighted by molar-refractivity contribution is 5.94. The van der Waals surface area contributed by atoms with Crippen LogP contribution in [0.4, 0.5) is 10.1 Å². The molecule has 0 heterocycles. The Kier molecular flexibility index (Phi) is 4.28. The average Bonchev–Trinajstić information content (AvgIpc) is 2.30. The van der Waals surface area contributed by atoms with Crippen molar-refractivity contribution in [2.24, 2.45) is 0 Å². The van der Waals surface area contributed by atoms with Crippen molar-refractivity contribution in [3.8, 4) is 0 Å². The number of anilines is 1. The molecule has 4 heteroatoms. The Morgan fingerprint density at radius 3 is 2.44 bits per heavy atom. The first-order valence-electron chi connectivity index (χ1n) is 5.40. The maximum atomic E-state index is 13.4. The largest absolute Gasteiger partial charge is 0.386 e. The minimum Gasteiger partial charge on any atom is -0.386 e. The molecule has 0 saturated carbocycles. The first-order chi connectivity index (χ1) is 7.63. The number of hydrogen-bond donors (Lipinski definition) is 1. The van der Waals surface area contributed by atoms with E-state index in [-0.39, 0.29) is 5.91 Å². The third kappa shape index (κ3) is 2.51. The summed E-state index contributed by atoms with van der Waals surface area (Å²) in [6.45, 7) is 5.06. The van der Waals surface area contributed by atoms with Crippen LogP contribution in [0.25, 0.3) is 0 Å². The number of nitrogens with one attached hydrogen (secondary N) is 1. The number of nitrogens with zero attached hydrogens (tertiary/aromatic N) is 1. The van der Waals surface area contributed by atoms with Gasteiger partial charge in [0.1, 0.15) is 5.82 Å². The van der Waals surface area contributed by atoms with Crippen molar-refractivity contribution in [1.82, 2.24) is 4.90 Å². The molecule has 0 aromatic heterocycles. The van der Waals surface area contributed by atoms with Crippen LogP contribution in [0.5, 0.6) is 0 Å². The molecule has 0 radical (unpaired) electrons. The molecule has 0 unspecified atom stereocenters. The fourth-order valence-corrected chi connectivity index (χ4v) is 1.54. The van der Waals surface area contributed by atoms with E-state index in [0.29, 0.717) is 24.3 Å². The Balaban J connectivity index is 2.96. The van der Waals surface area contributed by atoms with Gasteiger partial charge >= 0.3 is 0 Å². The van der Waals surface area contributed by atoms with Crippen molar-refractivity contribution in [3.63, 3.8) is 0 Å². The van der Waals surface area contributed by atoms with Gasteiger partial charge in [-0.25, -0.2) is 4.39 Å². The van der Waals surface area contributed by atoms with Crippen LogP contribution in [0.1, 0.15) is 24.2 Å². The molecule has 0 fully saturated rings. The van der Waals surface area contributed by atoms with E-state index >= 15 is 0 Å². The van der Waals surface area contributed by atoms with Crippen molar-refractivity contribution in [2.75, 3.05) is 25.5 Å². The molecule has 1 N–H and O–H groups in total. The van der Waals surface area contributed by atoms with Gasteiger partial charge < -0.3 is 10.2 Å². The molecule has 3 nitrogen and oxygen atoms in total. The Hall–Kier alpha value is -1.58. The van der Waals surface area contributed by atoms with Gasteiger partial charge in [-0.2, -0.15) is 0 Å². The maximum absolute atomic E-state index is 13.4. The van der Waals surface area contributed by atoms with Crippen molar-refractivity contribution in [1.29, 1.82) is 0 Å². The van der Waals surface area contributed by atoms with Gasteiger partial charge in [-0.15, -0.1) is 0 Å². The molecule has 0 saturated heterocycles. The lowest BCUT2D eigenvalue weighted by Gasteiger charge is -2.18. The van der Waals surface area contributed by atoms with Crippen molar-refractivity contribution in [3.05, 3.63) is 29.6 Å². The quantitative estimate of drug-likeness (QED) is 0.851. The van der Waals surface area contributed by atoms with Gasteiger partial charge in [0.25, 0.3) is 5.91 Å². The molecule has 88 valence electrons. The predicted octanol–water partition coefficient (Wildman–Crippen LogP) is 2.35. The van der Waals surface area contributed by atoms with E-state index in [1.807, 2.05) is 13.8 Å². The summed E-state index contributed by atoms with van der Waals surface area (Å²) in [5.74, 6) is -0.535. The van der Waals surface area contributed by atoms with Gasteiger partial charge in [0.2, 0.25) is 0 Å². The lowest BCUT2D eigenvalue weighted by atomic mass is 10.1. The fraction of sp³-hybridized carbons (Fsp3) is 0.417. The van der Waals surface area contributed by atoms with Crippen LogP contribution in [-0.4, -0.2) is 30.9 Å². The lowest BCUT2D eigenvalue weighted by molar-refractivity contribution is 0.0772. The second-order valence-electron chi connectivity index (χ2n) is 3.42. The van der Waals surface area contributed by atoms with E-state index in [1.54, 1.807) is 24.1 Å². The monoisotopic (exact) mass is 224 g/mol. The average molecular weight is 224 g/mol. The molecule has 16 heavy (non-hydrogen) atoms. The van der Waals surface area contributed by atoms with Gasteiger partial charge in [0.15, 0.2) is 0 Å². The molecule has 1 aromatic rings. The Bertz CT molecular complexity index is 375. The molecule has 1 aromatic carbocycles. The molecule has 0 bridgehead atoms. The maximum Gasteiger partial charge on any atom is 0.253 e. The third-order valence-corrected chi connectivity index (χ3v) is 2.54. The van der Waals surface area contributed by atoms with E-state index in [0.717, 1.165) is 0 Å². The molecule has 1 rings (SSSR count). The standard InChI is InChI=1S/C12H17FN2O/c1-4-15(5-2)12(16)9-6-7-11(14-3)10(13)8-9/h6-8,14H,4-5H2,1-3H3. The first kappa shape index (κ1) is 12.5. The lowest BCUT2D eigenvalue weighted by Crippen LogP contribution is -2.30. The molecule has 1 amide bonds. The van der Waals surface area contributed by atoms with E-state index < -0.39 is 5.82 Å². The smallest absolute Gasteiger partial charge is 0.253 e. The van der Waals surface area contributed by atoms with E-state index in [2.05, 4.69) is 5.32 Å². The normalized spacial score (nSPS) is 10.0. The molecule has 0 atom stereocenters. The highest BCUT2D eigenvalue weighted by atomic mass is 19.1. The van der Waals surface area contributed by atoms with Crippen LogP contribution in [0.15, 0.2) is 18.2 Å². The molecule has 0 aliphatic rings. The highest BCUT2D eigenvalue weighted by Gasteiger charge is 2.13. The Morgan fingerprint density at radius 1 is 1.38 bits per heavy atom. The summed E-state index contributed by atoms with van der Waals surface area (Å²) >= 11 is 0. The fourth-order valence-electron chi connectivity index (χ4n) is 1.54. The second kappa shape index (κ2) is 5.49. The van der Waals surface area contributed by atoms with Crippen LogP contribution in [0.2, 0.25) is 0 Å². The molecular weight excluding hydrogens is 207 g/mol. The zero-order chi connectivity index (χ0) is 12.1. The van der Waals surface area contributed by atoms with Crippen LogP contribution in [0.3, 0.4) is 0 Å². The summed E-state index contributed by atoms with van der Waals surface area (Å²) in [6, 6.07) is 4.48. The zero-order valence-electron chi connectivity index (χ0n) is 9.88. The van der Waals surface area contributed by atoms with Crippen molar-refractivity contribution >= 4 is 11.6 Å². The minimum absolute atomic E-state index is 0.133. The van der Waals surface area contributed by atoms with Crippen LogP contribution >= 0.6 is 0 Å². The molecule has 0 spiro atoms. The van der Waals surface area contributed by atoms with Gasteiger partial charge in [-0.3, -0.25) is 4.79 Å². The Labute approximate surface area is 95.3 Å². The predicted molar refractivity (Wildman–Crippen MR) is 63.2 cm³/mol. The Morgan fingerprint density at radius 2 is 2.00 bits per heavy atom. The van der Waals surface area contributed by atoms with E-state index in [4.69, 9.17) is 0 Å². The number of halogens is 1. The highest BCUT2D eigenvalue weighted by Crippen LogP contribution is 2.16. The summed E-state index contributed by atoms with van der Waals surface area (Å²) in [5, 5.41) is 2.72. The van der Waals surface area contributed by atoms with Gasteiger partial charge in [0.05, 0.1) is 5.69 Å². The summed E-state index contributed by atoms with van der Waals surface area (Å²) in [4.78, 5) is 13.6. The second-order valence-corrected chi connectivity index (χ2v) is 3.42. The van der Waals surface area contributed by atoms with Crippen molar-refractivity contribution < 1.29 is 9.18 Å². The zero-order valence-corrected chi connectivity index (χ0v) is 9.88. The topological polar surface area (TPSA) is 32.3 Å². The van der Waals surface area contributed by atoms with Crippen LogP contribution in [-0.2, 0) is 0 Å². The van der Waals surface area contributed by atoms with E-state index in [9.17, 15) is 9.18 Å². The number of amides is 1. The van der Waals surface area contributed by atoms with Gasteiger partial charge in [-0.05, 0) is 32.0 Å². The number of hydrogen-bond acceptors (Lipinski definition) is 2. The van der Waals surface area contributed by atoms with Gasteiger partial charge in [-0.1, -0.05) is 0 Å². The van der Waals surface area contributed by atoms with Crippen LogP contribution in [0, 0.1) is 5.82 Å². The molecule has 0 aliphatic carbocycles. The molecule has 0 aliphatic heterocycles. The van der Waals surface area contributed by atoms with Gasteiger partial charge in [0, 0.05) is 25.7 Å². The number of carbonyl (C=O) groups is 1. The van der Waals surface area contributed by atoms with Crippen molar-refractivity contribution in [2.45, 2.75) is 13.8 Å². The first-order valence-corrected chi connectivity index (χ1v) is 5.40. The summed E-state index contributed by atoms with van der Waals surface area (Å²) in [5.41, 5.74) is 0.788. The summed E-state index contributed by atoms with van der Waals surface area (Å²) < 4.78 is 13.4. The number of benzene rings is 1. The summed E-state index contributed by atoms with van der Waals surface area (Å²) in [6.07, 6.45) is 0.